The van der Waals surface area contributed by atoms with Crippen molar-refractivity contribution in [1.29, 1.82) is 0 Å². The molecule has 0 spiro atoms. The smallest absolute Gasteiger partial charge is 0.331 e. The number of halogens is 1. The van der Waals surface area contributed by atoms with Crippen LogP contribution in [0.3, 0.4) is 0 Å². The number of nitrogens with zero attached hydrogens (tertiary/aromatic N) is 5. The molecule has 0 aliphatic heterocycles. The third kappa shape index (κ3) is 4.96. The molecule has 196 valence electrons. The zero-order valence-corrected chi connectivity index (χ0v) is 21.9. The fourth-order valence-corrected chi connectivity index (χ4v) is 4.72. The zero-order valence-electron chi connectivity index (χ0n) is 21.9. The van der Waals surface area contributed by atoms with Crippen molar-refractivity contribution < 1.29 is 9.23 Å². The van der Waals surface area contributed by atoms with E-state index in [1.165, 1.54) is 23.8 Å². The van der Waals surface area contributed by atoms with Crippen LogP contribution in [0.2, 0.25) is 0 Å². The van der Waals surface area contributed by atoms with Crippen molar-refractivity contribution in [3.05, 3.63) is 116 Å². The summed E-state index contributed by atoms with van der Waals surface area (Å²) in [6, 6.07) is 11.0. The summed E-state index contributed by atoms with van der Waals surface area (Å²) in [6.07, 6.45) is 7.38. The molecule has 0 amide bonds. The van der Waals surface area contributed by atoms with E-state index in [4.69, 9.17) is 4.84 Å². The van der Waals surface area contributed by atoms with Gasteiger partial charge in [-0.2, -0.15) is 0 Å². The van der Waals surface area contributed by atoms with Gasteiger partial charge in [0.2, 0.25) is 0 Å². The van der Waals surface area contributed by atoms with Crippen molar-refractivity contribution in [2.75, 3.05) is 7.11 Å². The molecule has 38 heavy (non-hydrogen) atoms. The Labute approximate surface area is 219 Å². The van der Waals surface area contributed by atoms with Crippen LogP contribution in [-0.2, 0) is 11.4 Å². The van der Waals surface area contributed by atoms with Crippen molar-refractivity contribution in [3.63, 3.8) is 0 Å². The molecule has 1 aliphatic rings. The largest absolute Gasteiger partial charge is 0.399 e. The third-order valence-electron chi connectivity index (χ3n) is 6.98. The first-order valence-corrected chi connectivity index (χ1v) is 12.6. The van der Waals surface area contributed by atoms with Crippen molar-refractivity contribution in [2.24, 2.45) is 11.1 Å². The maximum absolute atomic E-state index is 13.9. The lowest BCUT2D eigenvalue weighted by Crippen LogP contribution is -2.44. The van der Waals surface area contributed by atoms with Gasteiger partial charge in [0.05, 0.1) is 23.6 Å². The van der Waals surface area contributed by atoms with Gasteiger partial charge in [-0.15, -0.1) is 0 Å². The van der Waals surface area contributed by atoms with Gasteiger partial charge in [0.15, 0.2) is 0 Å². The highest BCUT2D eigenvalue weighted by molar-refractivity contribution is 6.12. The van der Waals surface area contributed by atoms with Crippen molar-refractivity contribution >= 4 is 5.71 Å². The quantitative estimate of drug-likeness (QED) is 0.258. The van der Waals surface area contributed by atoms with E-state index >= 15 is 0 Å². The topological polar surface area (TPSA) is 83.4 Å². The van der Waals surface area contributed by atoms with Crippen LogP contribution in [0.25, 0.3) is 5.69 Å². The molecule has 1 unspecified atom stereocenters. The average Bonchev–Trinajstić information content (AvgIpc) is 3.62. The molecular formula is C29H30FN5O3. The molecule has 0 radical (unpaired) electrons. The van der Waals surface area contributed by atoms with Gasteiger partial charge in [-0.1, -0.05) is 23.4 Å². The number of benzene rings is 2. The SMILES string of the molecule is CO/N=C(\c1ccc(-n2cnc(C)c2)c(C)c1)c1cn(CC2CC2)c(=O)n(C(C)c2ccc(F)cc2)c1=O. The van der Waals surface area contributed by atoms with Gasteiger partial charge in [0.25, 0.3) is 5.56 Å². The highest BCUT2D eigenvalue weighted by Gasteiger charge is 2.26. The molecule has 8 nitrogen and oxygen atoms in total. The van der Waals surface area contributed by atoms with Crippen LogP contribution < -0.4 is 11.2 Å². The van der Waals surface area contributed by atoms with E-state index in [9.17, 15) is 14.0 Å². The van der Waals surface area contributed by atoms with E-state index in [1.807, 2.05) is 42.8 Å². The molecule has 0 bridgehead atoms. The predicted molar refractivity (Wildman–Crippen MR) is 144 cm³/mol. The summed E-state index contributed by atoms with van der Waals surface area (Å²) in [4.78, 5) is 36.9. The molecule has 9 heteroatoms. The van der Waals surface area contributed by atoms with Gasteiger partial charge < -0.3 is 9.40 Å². The summed E-state index contributed by atoms with van der Waals surface area (Å²) in [6.45, 7) is 6.18. The van der Waals surface area contributed by atoms with Crippen LogP contribution in [0.4, 0.5) is 4.39 Å². The second-order valence-corrected chi connectivity index (χ2v) is 9.87. The van der Waals surface area contributed by atoms with Gasteiger partial charge in [-0.25, -0.2) is 14.2 Å². The first-order chi connectivity index (χ1) is 18.3. The minimum absolute atomic E-state index is 0.256. The molecule has 0 saturated heterocycles. The van der Waals surface area contributed by atoms with E-state index in [0.29, 0.717) is 29.3 Å². The third-order valence-corrected chi connectivity index (χ3v) is 6.98. The molecule has 0 N–H and O–H groups in total. The normalized spacial score (nSPS) is 14.5. The summed E-state index contributed by atoms with van der Waals surface area (Å²) in [5.41, 5.74) is 3.85. The lowest BCUT2D eigenvalue weighted by molar-refractivity contribution is 0.214. The minimum atomic E-state index is -0.613. The zero-order chi connectivity index (χ0) is 27.0. The Bertz CT molecular complexity index is 1630. The summed E-state index contributed by atoms with van der Waals surface area (Å²) in [5.74, 6) is 0.0167. The number of rotatable bonds is 8. The van der Waals surface area contributed by atoms with E-state index in [2.05, 4.69) is 10.1 Å². The monoisotopic (exact) mass is 515 g/mol. The molecule has 2 aromatic carbocycles. The molecule has 1 saturated carbocycles. The van der Waals surface area contributed by atoms with Crippen LogP contribution in [-0.4, -0.2) is 31.5 Å². The second kappa shape index (κ2) is 10.2. The Hall–Kier alpha value is -4.27. The maximum atomic E-state index is 13.9. The summed E-state index contributed by atoms with van der Waals surface area (Å²) >= 11 is 0. The summed E-state index contributed by atoms with van der Waals surface area (Å²) in [5, 5.41) is 4.24. The summed E-state index contributed by atoms with van der Waals surface area (Å²) < 4.78 is 18.3. The minimum Gasteiger partial charge on any atom is -0.399 e. The number of aromatic nitrogens is 4. The van der Waals surface area contributed by atoms with Crippen molar-refractivity contribution in [2.45, 2.75) is 46.2 Å². The molecule has 1 atom stereocenters. The highest BCUT2D eigenvalue weighted by atomic mass is 19.1. The van der Waals surface area contributed by atoms with Crippen LogP contribution in [0.15, 0.2) is 75.9 Å². The lowest BCUT2D eigenvalue weighted by Gasteiger charge is -2.19. The van der Waals surface area contributed by atoms with Gasteiger partial charge in [-0.05, 0) is 74.9 Å². The predicted octanol–water partition coefficient (Wildman–Crippen LogP) is 4.37. The van der Waals surface area contributed by atoms with Gasteiger partial charge in [-0.3, -0.25) is 13.9 Å². The Balaban J connectivity index is 1.65. The molecule has 4 aromatic rings. The molecule has 1 aliphatic carbocycles. The Morgan fingerprint density at radius 2 is 1.87 bits per heavy atom. The molecule has 1 fully saturated rings. The van der Waals surface area contributed by atoms with E-state index < -0.39 is 17.3 Å². The number of aryl methyl sites for hydroxylation is 2. The van der Waals surface area contributed by atoms with Crippen molar-refractivity contribution in [3.8, 4) is 5.69 Å². The lowest BCUT2D eigenvalue weighted by atomic mass is 10.0. The van der Waals surface area contributed by atoms with E-state index in [-0.39, 0.29) is 11.4 Å². The fraction of sp³-hybridized carbons (Fsp3) is 0.310. The fourth-order valence-electron chi connectivity index (χ4n) is 4.72. The van der Waals surface area contributed by atoms with E-state index in [0.717, 1.165) is 29.8 Å². The molecular weight excluding hydrogens is 485 g/mol. The van der Waals surface area contributed by atoms with Gasteiger partial charge >= 0.3 is 5.69 Å². The van der Waals surface area contributed by atoms with Crippen LogP contribution in [0.1, 0.15) is 53.8 Å². The standard InChI is InChI=1S/C29H30FN5O3/c1-18-13-23(9-12-26(18)34-14-19(2)31-17-34)27(32-38-4)25-16-33(15-21-5-6-21)29(37)35(28(25)36)20(3)22-7-10-24(30)11-8-22/h7-14,16-17,20-21H,5-6,15H2,1-4H3/b32-27+. The van der Waals surface area contributed by atoms with Crippen molar-refractivity contribution in [1.82, 2.24) is 18.7 Å². The Morgan fingerprint density at radius 3 is 2.47 bits per heavy atom. The summed E-state index contributed by atoms with van der Waals surface area (Å²) in [7, 11) is 1.43. The second-order valence-electron chi connectivity index (χ2n) is 9.87. The Morgan fingerprint density at radius 1 is 1.13 bits per heavy atom. The van der Waals surface area contributed by atoms with Gasteiger partial charge in [0, 0.05) is 30.2 Å². The molecule has 2 aromatic heterocycles. The number of hydrogen-bond donors (Lipinski definition) is 0. The highest BCUT2D eigenvalue weighted by Crippen LogP contribution is 2.30. The van der Waals surface area contributed by atoms with Crippen LogP contribution in [0.5, 0.6) is 0 Å². The average molecular weight is 516 g/mol. The molecule has 5 rings (SSSR count). The van der Waals surface area contributed by atoms with Crippen LogP contribution >= 0.6 is 0 Å². The number of hydrogen-bond acceptors (Lipinski definition) is 5. The van der Waals surface area contributed by atoms with E-state index in [1.54, 1.807) is 36.1 Å². The maximum Gasteiger partial charge on any atom is 0.331 e. The molecule has 2 heterocycles. The first kappa shape index (κ1) is 25.4. The van der Waals surface area contributed by atoms with Gasteiger partial charge in [0.1, 0.15) is 18.6 Å². The first-order valence-electron chi connectivity index (χ1n) is 12.6. The number of imidazole rings is 1. The van der Waals surface area contributed by atoms with Crippen LogP contribution in [0, 0.1) is 25.6 Å². The number of oxime groups is 1. The Kier molecular flexibility index (Phi) is 6.84.